The van der Waals surface area contributed by atoms with Gasteiger partial charge in [0.15, 0.2) is 5.13 Å². The normalized spacial score (nSPS) is 10.8. The Hall–Kier alpha value is -2.62. The fourth-order valence-corrected chi connectivity index (χ4v) is 4.30. The minimum Gasteiger partial charge on any atom is -0.347 e. The summed E-state index contributed by atoms with van der Waals surface area (Å²) in [5, 5.41) is 3.95. The van der Waals surface area contributed by atoms with E-state index in [0.29, 0.717) is 0 Å². The maximum atomic E-state index is 6.03. The van der Waals surface area contributed by atoms with E-state index < -0.39 is 0 Å². The largest absolute Gasteiger partial charge is 0.347 e. The molecule has 0 saturated carbocycles. The molecule has 146 valence electrons. The van der Waals surface area contributed by atoms with E-state index in [1.54, 1.807) is 11.3 Å². The first kappa shape index (κ1) is 19.7. The Labute approximate surface area is 181 Å². The van der Waals surface area contributed by atoms with E-state index in [-0.39, 0.29) is 0 Å². The molecule has 0 atom stereocenters. The highest BCUT2D eigenvalue weighted by Gasteiger charge is 2.13. The molecule has 4 heteroatoms. The number of thiazole rings is 1. The summed E-state index contributed by atoms with van der Waals surface area (Å²) < 4.78 is 0. The van der Waals surface area contributed by atoms with Crippen LogP contribution < -0.4 is 4.90 Å². The van der Waals surface area contributed by atoms with Gasteiger partial charge in [-0.15, -0.1) is 11.3 Å². The molecule has 0 radical (unpaired) electrons. The van der Waals surface area contributed by atoms with E-state index in [0.717, 1.165) is 47.3 Å². The summed E-state index contributed by atoms with van der Waals surface area (Å²) in [5.74, 6) is 0. The molecule has 3 aromatic carbocycles. The van der Waals surface area contributed by atoms with Gasteiger partial charge in [0.25, 0.3) is 0 Å². The van der Waals surface area contributed by atoms with Crippen LogP contribution >= 0.6 is 22.9 Å². The van der Waals surface area contributed by atoms with Crippen molar-refractivity contribution in [3.63, 3.8) is 0 Å². The van der Waals surface area contributed by atoms with E-state index in [2.05, 4.69) is 70.9 Å². The van der Waals surface area contributed by atoms with Crippen molar-refractivity contribution >= 4 is 28.1 Å². The first-order valence-electron chi connectivity index (χ1n) is 9.82. The van der Waals surface area contributed by atoms with Gasteiger partial charge in [-0.05, 0) is 36.1 Å². The highest BCUT2D eigenvalue weighted by atomic mass is 35.5. The lowest BCUT2D eigenvalue weighted by atomic mass is 10.1. The lowest BCUT2D eigenvalue weighted by Gasteiger charge is -2.22. The molecule has 0 N–H and O–H groups in total. The highest BCUT2D eigenvalue weighted by Crippen LogP contribution is 2.28. The molecule has 0 fully saturated rings. The molecule has 29 heavy (non-hydrogen) atoms. The number of halogens is 1. The molecule has 0 saturated heterocycles. The number of rotatable bonds is 8. The summed E-state index contributed by atoms with van der Waals surface area (Å²) in [6, 6.07) is 29.2. The number of benzene rings is 3. The van der Waals surface area contributed by atoms with Crippen LogP contribution in [0.25, 0.3) is 11.3 Å². The van der Waals surface area contributed by atoms with Crippen molar-refractivity contribution in [2.24, 2.45) is 0 Å². The van der Waals surface area contributed by atoms with Gasteiger partial charge in [0, 0.05) is 29.1 Å². The standard InChI is InChI=1S/C25H23ClN2S/c26-23-13-11-22(12-14-23)24-19-29-25(27-24)28(17-15-20-7-3-1-4-8-20)18-16-21-9-5-2-6-10-21/h1-14,19H,15-18H2. The van der Waals surface area contributed by atoms with Gasteiger partial charge in [0.1, 0.15) is 0 Å². The van der Waals surface area contributed by atoms with Crippen molar-refractivity contribution < 1.29 is 0 Å². The van der Waals surface area contributed by atoms with Gasteiger partial charge >= 0.3 is 0 Å². The van der Waals surface area contributed by atoms with Crippen LogP contribution in [0.15, 0.2) is 90.3 Å². The molecule has 0 aliphatic heterocycles. The minimum absolute atomic E-state index is 0.747. The predicted octanol–water partition coefficient (Wildman–Crippen LogP) is 6.76. The van der Waals surface area contributed by atoms with E-state index in [1.807, 2.05) is 24.3 Å². The van der Waals surface area contributed by atoms with Gasteiger partial charge in [-0.25, -0.2) is 4.98 Å². The lowest BCUT2D eigenvalue weighted by molar-refractivity contribution is 0.766. The Bertz CT molecular complexity index is 970. The Morgan fingerprint density at radius 1 is 0.724 bits per heavy atom. The monoisotopic (exact) mass is 418 g/mol. The number of hydrogen-bond donors (Lipinski definition) is 0. The van der Waals surface area contributed by atoms with Crippen molar-refractivity contribution in [3.05, 3.63) is 106 Å². The van der Waals surface area contributed by atoms with Gasteiger partial charge < -0.3 is 4.90 Å². The Morgan fingerprint density at radius 3 is 1.83 bits per heavy atom. The number of anilines is 1. The smallest absolute Gasteiger partial charge is 0.185 e. The predicted molar refractivity (Wildman–Crippen MR) is 125 cm³/mol. The van der Waals surface area contributed by atoms with E-state index >= 15 is 0 Å². The highest BCUT2D eigenvalue weighted by molar-refractivity contribution is 7.14. The molecular weight excluding hydrogens is 396 g/mol. The zero-order valence-electron chi connectivity index (χ0n) is 16.2. The van der Waals surface area contributed by atoms with Crippen molar-refractivity contribution in [2.75, 3.05) is 18.0 Å². The van der Waals surface area contributed by atoms with Crippen LogP contribution in [0, 0.1) is 0 Å². The van der Waals surface area contributed by atoms with Gasteiger partial charge in [0.05, 0.1) is 5.69 Å². The zero-order valence-corrected chi connectivity index (χ0v) is 17.7. The zero-order chi connectivity index (χ0) is 19.9. The molecule has 4 rings (SSSR count). The minimum atomic E-state index is 0.747. The first-order valence-corrected chi connectivity index (χ1v) is 11.1. The number of aromatic nitrogens is 1. The van der Waals surface area contributed by atoms with Crippen LogP contribution in [0.2, 0.25) is 5.02 Å². The molecule has 0 aliphatic rings. The van der Waals surface area contributed by atoms with Crippen molar-refractivity contribution in [1.82, 2.24) is 4.98 Å². The van der Waals surface area contributed by atoms with E-state index in [1.165, 1.54) is 11.1 Å². The summed E-state index contributed by atoms with van der Waals surface area (Å²) in [6.45, 7) is 1.90. The molecule has 0 aliphatic carbocycles. The molecule has 0 bridgehead atoms. The molecule has 4 aromatic rings. The maximum Gasteiger partial charge on any atom is 0.185 e. The Morgan fingerprint density at radius 2 is 1.28 bits per heavy atom. The SMILES string of the molecule is Clc1ccc(-c2csc(N(CCc3ccccc3)CCc3ccccc3)n2)cc1. The first-order chi connectivity index (χ1) is 14.3. The molecule has 0 unspecified atom stereocenters. The molecular formula is C25H23ClN2S. The quantitative estimate of drug-likeness (QED) is 0.314. The molecule has 0 amide bonds. The Kier molecular flexibility index (Phi) is 6.60. The topological polar surface area (TPSA) is 16.1 Å². The third kappa shape index (κ3) is 5.47. The van der Waals surface area contributed by atoms with Gasteiger partial charge in [-0.3, -0.25) is 0 Å². The number of nitrogens with zero attached hydrogens (tertiary/aromatic N) is 2. The average Bonchev–Trinajstić information content (AvgIpc) is 3.26. The Balaban J connectivity index is 1.51. The molecule has 2 nitrogen and oxygen atoms in total. The van der Waals surface area contributed by atoms with Crippen LogP contribution in [0.5, 0.6) is 0 Å². The van der Waals surface area contributed by atoms with Crippen molar-refractivity contribution in [3.8, 4) is 11.3 Å². The maximum absolute atomic E-state index is 6.03. The molecule has 0 spiro atoms. The van der Waals surface area contributed by atoms with Crippen LogP contribution in [0.3, 0.4) is 0 Å². The third-order valence-corrected chi connectivity index (χ3v) is 6.08. The lowest BCUT2D eigenvalue weighted by Crippen LogP contribution is -2.28. The van der Waals surface area contributed by atoms with Gasteiger partial charge in [0.2, 0.25) is 0 Å². The summed E-state index contributed by atoms with van der Waals surface area (Å²) >= 11 is 7.74. The van der Waals surface area contributed by atoms with Gasteiger partial charge in [-0.2, -0.15) is 0 Å². The second kappa shape index (κ2) is 9.73. The van der Waals surface area contributed by atoms with Crippen LogP contribution in [-0.4, -0.2) is 18.1 Å². The van der Waals surface area contributed by atoms with E-state index in [4.69, 9.17) is 16.6 Å². The third-order valence-electron chi connectivity index (χ3n) is 4.93. The summed E-state index contributed by atoms with van der Waals surface area (Å²) in [5.41, 5.74) is 4.81. The van der Waals surface area contributed by atoms with Gasteiger partial charge in [-0.1, -0.05) is 84.4 Å². The van der Waals surface area contributed by atoms with Crippen molar-refractivity contribution in [1.29, 1.82) is 0 Å². The second-order valence-corrected chi connectivity index (χ2v) is 8.25. The molecule has 1 aromatic heterocycles. The summed E-state index contributed by atoms with van der Waals surface area (Å²) in [7, 11) is 0. The van der Waals surface area contributed by atoms with E-state index in [9.17, 15) is 0 Å². The fourth-order valence-electron chi connectivity index (χ4n) is 3.28. The average molecular weight is 419 g/mol. The molecule has 1 heterocycles. The summed E-state index contributed by atoms with van der Waals surface area (Å²) in [4.78, 5) is 7.34. The second-order valence-electron chi connectivity index (χ2n) is 6.98. The van der Waals surface area contributed by atoms with Crippen LogP contribution in [0.4, 0.5) is 5.13 Å². The van der Waals surface area contributed by atoms with Crippen molar-refractivity contribution in [2.45, 2.75) is 12.8 Å². The fraction of sp³-hybridized carbons (Fsp3) is 0.160. The van der Waals surface area contributed by atoms with Crippen LogP contribution in [-0.2, 0) is 12.8 Å². The van der Waals surface area contributed by atoms with Crippen LogP contribution in [0.1, 0.15) is 11.1 Å². The number of hydrogen-bond acceptors (Lipinski definition) is 3. The summed E-state index contributed by atoms with van der Waals surface area (Å²) in [6.07, 6.45) is 2.01.